The minimum absolute atomic E-state index is 0.246. The van der Waals surface area contributed by atoms with Crippen LogP contribution in [0.2, 0.25) is 0 Å². The van der Waals surface area contributed by atoms with Crippen LogP contribution in [0, 0.1) is 5.82 Å². The number of H-pyrrole nitrogens is 2. The van der Waals surface area contributed by atoms with Gasteiger partial charge in [-0.15, -0.1) is 0 Å². The van der Waals surface area contributed by atoms with Gasteiger partial charge in [0.25, 0.3) is 0 Å². The molecule has 0 bridgehead atoms. The van der Waals surface area contributed by atoms with Gasteiger partial charge in [0.2, 0.25) is 0 Å². The van der Waals surface area contributed by atoms with Crippen LogP contribution in [0.15, 0.2) is 59.7 Å². The SMILES string of the molecule is O=c1[nH]c2ccc(-c3c(-c4ccc(F)cc4)nc4c(N5CCCC5)nccn34)cc2[nH]1. The van der Waals surface area contributed by atoms with Crippen molar-refractivity contribution in [3.8, 4) is 22.5 Å². The smallest absolute Gasteiger partial charge is 0.323 e. The molecule has 0 amide bonds. The molecule has 1 fully saturated rings. The zero-order chi connectivity index (χ0) is 20.9. The van der Waals surface area contributed by atoms with Gasteiger partial charge in [0.05, 0.1) is 22.4 Å². The van der Waals surface area contributed by atoms with Gasteiger partial charge < -0.3 is 14.9 Å². The Kier molecular flexibility index (Phi) is 3.92. The zero-order valence-electron chi connectivity index (χ0n) is 16.6. The normalized spacial score (nSPS) is 14.2. The fraction of sp³-hybridized carbons (Fsp3) is 0.174. The molecule has 0 radical (unpaired) electrons. The molecule has 1 aliphatic rings. The highest BCUT2D eigenvalue weighted by molar-refractivity contribution is 5.88. The van der Waals surface area contributed by atoms with Crippen LogP contribution in [-0.4, -0.2) is 37.4 Å². The van der Waals surface area contributed by atoms with Crippen LogP contribution >= 0.6 is 0 Å². The molecule has 0 atom stereocenters. The van der Waals surface area contributed by atoms with Crippen LogP contribution in [0.4, 0.5) is 10.2 Å². The number of fused-ring (bicyclic) bond motifs is 2. The van der Waals surface area contributed by atoms with Gasteiger partial charge in [0.1, 0.15) is 5.82 Å². The van der Waals surface area contributed by atoms with E-state index in [0.717, 1.165) is 70.9 Å². The van der Waals surface area contributed by atoms with Crippen molar-refractivity contribution in [2.45, 2.75) is 12.8 Å². The van der Waals surface area contributed by atoms with Gasteiger partial charge in [-0.25, -0.2) is 19.2 Å². The monoisotopic (exact) mass is 414 g/mol. The van der Waals surface area contributed by atoms with Gasteiger partial charge in [0, 0.05) is 36.6 Å². The summed E-state index contributed by atoms with van der Waals surface area (Å²) < 4.78 is 15.6. The van der Waals surface area contributed by atoms with Gasteiger partial charge in [0.15, 0.2) is 11.5 Å². The third-order valence-electron chi connectivity index (χ3n) is 5.84. The first kappa shape index (κ1) is 17.9. The number of hydrogen-bond acceptors (Lipinski definition) is 4. The van der Waals surface area contributed by atoms with Crippen LogP contribution in [-0.2, 0) is 0 Å². The summed E-state index contributed by atoms with van der Waals surface area (Å²) in [6, 6.07) is 12.1. The summed E-state index contributed by atoms with van der Waals surface area (Å²) in [5.74, 6) is 0.561. The predicted molar refractivity (Wildman–Crippen MR) is 118 cm³/mol. The highest BCUT2D eigenvalue weighted by Gasteiger charge is 2.23. The molecule has 4 heterocycles. The number of anilines is 1. The minimum Gasteiger partial charge on any atom is -0.354 e. The van der Waals surface area contributed by atoms with Gasteiger partial charge in [-0.2, -0.15) is 0 Å². The van der Waals surface area contributed by atoms with E-state index in [1.165, 1.54) is 12.1 Å². The number of rotatable bonds is 3. The quantitative estimate of drug-likeness (QED) is 0.468. The van der Waals surface area contributed by atoms with E-state index >= 15 is 0 Å². The van der Waals surface area contributed by atoms with Crippen LogP contribution in [0.1, 0.15) is 12.8 Å². The largest absolute Gasteiger partial charge is 0.354 e. The Morgan fingerprint density at radius 1 is 0.935 bits per heavy atom. The zero-order valence-corrected chi connectivity index (χ0v) is 16.6. The number of halogens is 1. The van der Waals surface area contributed by atoms with E-state index < -0.39 is 0 Å². The van der Waals surface area contributed by atoms with Crippen LogP contribution in [0.3, 0.4) is 0 Å². The lowest BCUT2D eigenvalue weighted by Gasteiger charge is -2.16. The van der Waals surface area contributed by atoms with Gasteiger partial charge in [-0.1, -0.05) is 6.07 Å². The lowest BCUT2D eigenvalue weighted by atomic mass is 10.0. The third kappa shape index (κ3) is 2.91. The van der Waals surface area contributed by atoms with E-state index in [-0.39, 0.29) is 11.5 Å². The third-order valence-corrected chi connectivity index (χ3v) is 5.84. The van der Waals surface area contributed by atoms with Crippen molar-refractivity contribution in [1.82, 2.24) is 24.3 Å². The second kappa shape index (κ2) is 6.80. The topological polar surface area (TPSA) is 82.1 Å². The molecular formula is C23H19FN6O. The molecule has 3 aromatic heterocycles. The van der Waals surface area contributed by atoms with Crippen molar-refractivity contribution in [3.05, 3.63) is 71.2 Å². The molecule has 0 spiro atoms. The number of nitrogens with one attached hydrogen (secondary N) is 2. The number of nitrogens with zero attached hydrogens (tertiary/aromatic N) is 4. The van der Waals surface area contributed by atoms with Crippen molar-refractivity contribution in [1.29, 1.82) is 0 Å². The molecule has 0 unspecified atom stereocenters. The summed E-state index contributed by atoms with van der Waals surface area (Å²) in [7, 11) is 0. The molecule has 0 saturated carbocycles. The Morgan fingerprint density at radius 2 is 1.68 bits per heavy atom. The van der Waals surface area contributed by atoms with Crippen molar-refractivity contribution < 1.29 is 4.39 Å². The molecule has 31 heavy (non-hydrogen) atoms. The summed E-state index contributed by atoms with van der Waals surface area (Å²) >= 11 is 0. The number of hydrogen-bond donors (Lipinski definition) is 2. The summed E-state index contributed by atoms with van der Waals surface area (Å²) in [5, 5.41) is 0. The van der Waals surface area contributed by atoms with Crippen molar-refractivity contribution in [2.75, 3.05) is 18.0 Å². The Hall–Kier alpha value is -3.94. The van der Waals surface area contributed by atoms with E-state index in [4.69, 9.17) is 4.98 Å². The van der Waals surface area contributed by atoms with Crippen LogP contribution in [0.5, 0.6) is 0 Å². The second-order valence-electron chi connectivity index (χ2n) is 7.79. The summed E-state index contributed by atoms with van der Waals surface area (Å²) in [5.41, 5.74) is 5.30. The van der Waals surface area contributed by atoms with Gasteiger partial charge in [-0.05, 0) is 49.2 Å². The number of aromatic amines is 2. The molecule has 0 aliphatic carbocycles. The number of benzene rings is 2. The highest BCUT2D eigenvalue weighted by atomic mass is 19.1. The minimum atomic E-state index is -0.292. The fourth-order valence-corrected chi connectivity index (χ4v) is 4.38. The molecule has 2 aromatic carbocycles. The molecule has 6 rings (SSSR count). The summed E-state index contributed by atoms with van der Waals surface area (Å²) in [6.45, 7) is 1.91. The molecular weight excluding hydrogens is 395 g/mol. The Bertz CT molecular complexity index is 1470. The van der Waals surface area contributed by atoms with E-state index in [9.17, 15) is 9.18 Å². The van der Waals surface area contributed by atoms with E-state index in [2.05, 4.69) is 19.9 Å². The molecule has 1 saturated heterocycles. The van der Waals surface area contributed by atoms with E-state index in [1.54, 1.807) is 18.3 Å². The summed E-state index contributed by atoms with van der Waals surface area (Å²) in [4.78, 5) is 29.2. The van der Waals surface area contributed by atoms with Crippen LogP contribution < -0.4 is 10.6 Å². The Labute approximate surface area is 176 Å². The maximum absolute atomic E-state index is 13.6. The van der Waals surface area contributed by atoms with Crippen molar-refractivity contribution in [3.63, 3.8) is 0 Å². The van der Waals surface area contributed by atoms with Gasteiger partial charge in [-0.3, -0.25) is 4.40 Å². The molecule has 7 nitrogen and oxygen atoms in total. The number of aromatic nitrogens is 5. The first-order valence-electron chi connectivity index (χ1n) is 10.3. The van der Waals surface area contributed by atoms with Crippen molar-refractivity contribution >= 4 is 22.5 Å². The average Bonchev–Trinajstić information content (AvgIpc) is 3.51. The maximum atomic E-state index is 13.6. The first-order valence-corrected chi connectivity index (χ1v) is 10.3. The predicted octanol–water partition coefficient (Wildman–Crippen LogP) is 3.97. The lowest BCUT2D eigenvalue weighted by molar-refractivity contribution is 0.628. The Morgan fingerprint density at radius 3 is 2.48 bits per heavy atom. The molecule has 154 valence electrons. The van der Waals surface area contributed by atoms with E-state index in [1.807, 2.05) is 28.8 Å². The maximum Gasteiger partial charge on any atom is 0.323 e. The average molecular weight is 414 g/mol. The van der Waals surface area contributed by atoms with Gasteiger partial charge >= 0.3 is 5.69 Å². The first-order chi connectivity index (χ1) is 15.2. The fourth-order valence-electron chi connectivity index (χ4n) is 4.38. The van der Waals surface area contributed by atoms with Crippen LogP contribution in [0.25, 0.3) is 39.2 Å². The Balaban J connectivity index is 1.65. The molecule has 1 aliphatic heterocycles. The lowest BCUT2D eigenvalue weighted by Crippen LogP contribution is -2.19. The standard InChI is InChI=1S/C23H19FN6O/c24-16-6-3-14(4-7-16)19-20(15-5-8-17-18(13-15)27-23(31)26-17)30-12-9-25-21(22(30)28-19)29-10-1-2-11-29/h3-9,12-13H,1-2,10-11H2,(H2,26,27,31). The molecule has 5 aromatic rings. The van der Waals surface area contributed by atoms with Crippen molar-refractivity contribution in [2.24, 2.45) is 0 Å². The highest BCUT2D eigenvalue weighted by Crippen LogP contribution is 2.36. The molecule has 8 heteroatoms. The summed E-state index contributed by atoms with van der Waals surface area (Å²) in [6.07, 6.45) is 5.96. The van der Waals surface area contributed by atoms with E-state index in [0.29, 0.717) is 0 Å². The second-order valence-corrected chi connectivity index (χ2v) is 7.79. The molecule has 2 N–H and O–H groups in total. The number of imidazole rings is 2.